The Kier molecular flexibility index (Phi) is 5.04. The van der Waals surface area contributed by atoms with Gasteiger partial charge in [-0.3, -0.25) is 0 Å². The Bertz CT molecular complexity index is 641. The van der Waals surface area contributed by atoms with Gasteiger partial charge >= 0.3 is 12.0 Å². The Morgan fingerprint density at radius 2 is 1.91 bits per heavy atom. The van der Waals surface area contributed by atoms with Crippen molar-refractivity contribution in [2.75, 3.05) is 13.7 Å². The maximum absolute atomic E-state index is 12.5. The summed E-state index contributed by atoms with van der Waals surface area (Å²) in [6, 6.07) is 4.58. The van der Waals surface area contributed by atoms with Crippen molar-refractivity contribution in [3.8, 4) is 0 Å². The molecule has 0 amide bonds. The Morgan fingerprint density at radius 3 is 2.41 bits per heavy atom. The van der Waals surface area contributed by atoms with Crippen LogP contribution in [0.3, 0.4) is 0 Å². The largest absolute Gasteiger partial charge is 0.518 e. The quantitative estimate of drug-likeness (QED) is 0.819. The van der Waals surface area contributed by atoms with Crippen molar-refractivity contribution in [3.63, 3.8) is 0 Å². The maximum Gasteiger partial charge on any atom is 0.518 e. The lowest BCUT2D eigenvalue weighted by Crippen LogP contribution is -2.12. The Balaban J connectivity index is 2.08. The van der Waals surface area contributed by atoms with Crippen molar-refractivity contribution in [1.29, 1.82) is 0 Å². The van der Waals surface area contributed by atoms with E-state index in [9.17, 15) is 18.0 Å². The van der Waals surface area contributed by atoms with Crippen LogP contribution in [-0.2, 0) is 22.3 Å². The first kappa shape index (κ1) is 16.3. The van der Waals surface area contributed by atoms with Gasteiger partial charge < -0.3 is 18.3 Å². The normalized spacial score (nSPS) is 13.3. The van der Waals surface area contributed by atoms with Gasteiger partial charge in [-0.15, -0.1) is 0 Å². The van der Waals surface area contributed by atoms with E-state index in [1.165, 1.54) is 19.2 Å². The van der Waals surface area contributed by atoms with Crippen LogP contribution < -0.4 is 5.82 Å². The molecule has 1 aromatic heterocycles. The molecule has 0 bridgehead atoms. The van der Waals surface area contributed by atoms with Crippen LogP contribution in [0.25, 0.3) is 0 Å². The summed E-state index contributed by atoms with van der Waals surface area (Å²) in [6.45, 7) is 0.0637. The lowest BCUT2D eigenvalue weighted by Gasteiger charge is -2.17. The summed E-state index contributed by atoms with van der Waals surface area (Å²) in [6.07, 6.45) is -3.89. The second-order valence-electron chi connectivity index (χ2n) is 4.43. The number of hydrogen-bond donors (Lipinski definition) is 0. The van der Waals surface area contributed by atoms with Gasteiger partial charge in [-0.25, -0.2) is 4.79 Å². The zero-order chi connectivity index (χ0) is 16.2. The molecular weight excluding hydrogens is 305 g/mol. The molecule has 1 unspecified atom stereocenters. The van der Waals surface area contributed by atoms with Crippen molar-refractivity contribution in [1.82, 2.24) is 0 Å². The van der Waals surface area contributed by atoms with Gasteiger partial charge in [-0.05, 0) is 17.7 Å². The summed E-state index contributed by atoms with van der Waals surface area (Å²) in [5.41, 5.74) is -0.228. The highest BCUT2D eigenvalue weighted by Gasteiger charge is 2.30. The van der Waals surface area contributed by atoms with Crippen LogP contribution in [0.1, 0.15) is 23.0 Å². The molecule has 1 atom stereocenters. The number of alkyl halides is 3. The predicted molar refractivity (Wildman–Crippen MR) is 68.1 cm³/mol. The lowest BCUT2D eigenvalue weighted by molar-refractivity contribution is -0.137. The summed E-state index contributed by atoms with van der Waals surface area (Å²) in [5, 5.41) is 0. The van der Waals surface area contributed by atoms with E-state index < -0.39 is 23.7 Å². The number of methoxy groups -OCH3 is 1. The van der Waals surface area contributed by atoms with E-state index in [4.69, 9.17) is 9.47 Å². The molecule has 0 aliphatic rings. The van der Waals surface area contributed by atoms with E-state index in [2.05, 4.69) is 8.83 Å². The smallest absolute Gasteiger partial charge is 0.399 e. The maximum atomic E-state index is 12.5. The van der Waals surface area contributed by atoms with Crippen LogP contribution >= 0.6 is 0 Å². The summed E-state index contributed by atoms with van der Waals surface area (Å²) in [4.78, 5) is 10.7. The first-order valence-corrected chi connectivity index (χ1v) is 6.25. The van der Waals surface area contributed by atoms with Gasteiger partial charge in [0.05, 0.1) is 12.2 Å². The van der Waals surface area contributed by atoms with Crippen LogP contribution in [0.2, 0.25) is 0 Å². The third kappa shape index (κ3) is 4.22. The van der Waals surface area contributed by atoms with Crippen molar-refractivity contribution in [2.24, 2.45) is 0 Å². The van der Waals surface area contributed by atoms with Crippen LogP contribution in [0.5, 0.6) is 0 Å². The Hall–Kier alpha value is -2.06. The highest BCUT2D eigenvalue weighted by Crippen LogP contribution is 2.30. The fraction of sp³-hybridized carbons (Fsp3) is 0.357. The zero-order valence-corrected chi connectivity index (χ0v) is 11.6. The first-order valence-electron chi connectivity index (χ1n) is 6.25. The second-order valence-corrected chi connectivity index (χ2v) is 4.43. The summed E-state index contributed by atoms with van der Waals surface area (Å²) < 4.78 is 57.2. The van der Waals surface area contributed by atoms with Crippen LogP contribution in [0, 0.1) is 0 Å². The van der Waals surface area contributed by atoms with Crippen molar-refractivity contribution >= 4 is 0 Å². The topological polar surface area (TPSA) is 61.8 Å². The molecule has 0 fully saturated rings. The molecule has 0 aliphatic carbocycles. The van der Waals surface area contributed by atoms with E-state index in [1.807, 2.05) is 0 Å². The first-order chi connectivity index (χ1) is 10.4. The fourth-order valence-electron chi connectivity index (χ4n) is 1.79. The molecule has 0 N–H and O–H groups in total. The minimum absolute atomic E-state index is 0.0687. The van der Waals surface area contributed by atoms with E-state index in [0.29, 0.717) is 5.56 Å². The number of benzene rings is 1. The van der Waals surface area contributed by atoms with Crippen LogP contribution in [0.4, 0.5) is 13.2 Å². The van der Waals surface area contributed by atoms with Crippen molar-refractivity contribution < 1.29 is 31.5 Å². The third-order valence-electron chi connectivity index (χ3n) is 2.86. The molecule has 120 valence electrons. The van der Waals surface area contributed by atoms with E-state index >= 15 is 0 Å². The second kappa shape index (κ2) is 6.80. The van der Waals surface area contributed by atoms with Crippen molar-refractivity contribution in [2.45, 2.75) is 18.9 Å². The molecule has 0 spiro atoms. The van der Waals surface area contributed by atoms with Gasteiger partial charge in [0.2, 0.25) is 0 Å². The van der Waals surface area contributed by atoms with Gasteiger partial charge in [0.1, 0.15) is 19.0 Å². The van der Waals surface area contributed by atoms with E-state index in [-0.39, 0.29) is 19.0 Å². The summed E-state index contributed by atoms with van der Waals surface area (Å²) in [5.74, 6) is -0.672. The predicted octanol–water partition coefficient (Wildman–Crippen LogP) is 3.16. The number of hydrogen-bond acceptors (Lipinski definition) is 5. The lowest BCUT2D eigenvalue weighted by atomic mass is 10.1. The van der Waals surface area contributed by atoms with Crippen molar-refractivity contribution in [3.05, 3.63) is 58.0 Å². The highest BCUT2D eigenvalue weighted by atomic mass is 19.4. The molecule has 8 heteroatoms. The molecule has 1 heterocycles. The highest BCUT2D eigenvalue weighted by molar-refractivity contribution is 5.26. The summed E-state index contributed by atoms with van der Waals surface area (Å²) >= 11 is 0. The average molecular weight is 318 g/mol. The zero-order valence-electron chi connectivity index (χ0n) is 11.6. The van der Waals surface area contributed by atoms with Gasteiger partial charge in [0.15, 0.2) is 5.76 Å². The molecule has 1 aromatic carbocycles. The molecule has 0 saturated heterocycles. The summed E-state index contributed by atoms with van der Waals surface area (Å²) in [7, 11) is 1.44. The molecule has 0 aliphatic heterocycles. The molecule has 2 rings (SSSR count). The molecule has 22 heavy (non-hydrogen) atoms. The van der Waals surface area contributed by atoms with E-state index in [0.717, 1.165) is 18.4 Å². The van der Waals surface area contributed by atoms with Crippen LogP contribution in [-0.4, -0.2) is 13.7 Å². The number of rotatable bonds is 6. The molecular formula is C14H13F3O5. The monoisotopic (exact) mass is 318 g/mol. The third-order valence-corrected chi connectivity index (χ3v) is 2.86. The average Bonchev–Trinajstić information content (AvgIpc) is 2.88. The molecule has 2 aromatic rings. The molecule has 0 radical (unpaired) electrons. The van der Waals surface area contributed by atoms with Gasteiger partial charge in [0.25, 0.3) is 0 Å². The Labute approximate surface area is 123 Å². The minimum Gasteiger partial charge on any atom is -0.399 e. The van der Waals surface area contributed by atoms with Gasteiger partial charge in [-0.1, -0.05) is 12.1 Å². The van der Waals surface area contributed by atoms with Gasteiger partial charge in [-0.2, -0.15) is 13.2 Å². The number of halogens is 3. The standard InChI is InChI=1S/C14H13F3O5/c1-19-8-12(20-6-11-7-21-13(18)22-11)9-2-4-10(5-3-9)14(15,16)17/h2-5,7,12H,6,8H2,1H3. The molecule has 5 nitrogen and oxygen atoms in total. The Morgan fingerprint density at radius 1 is 1.23 bits per heavy atom. The number of ether oxygens (including phenoxy) is 2. The van der Waals surface area contributed by atoms with Crippen LogP contribution in [0.15, 0.2) is 44.2 Å². The SMILES string of the molecule is COCC(OCc1coc(=O)o1)c1ccc(C(F)(F)F)cc1. The minimum atomic E-state index is -4.39. The fourth-order valence-corrected chi connectivity index (χ4v) is 1.79. The van der Waals surface area contributed by atoms with Gasteiger partial charge in [0, 0.05) is 7.11 Å². The van der Waals surface area contributed by atoms with E-state index in [1.54, 1.807) is 0 Å². The molecule has 0 saturated carbocycles.